The summed E-state index contributed by atoms with van der Waals surface area (Å²) in [5.74, 6) is 0.405. The highest BCUT2D eigenvalue weighted by Gasteiger charge is 2.32. The number of ether oxygens (including phenoxy) is 4. The smallest absolute Gasteiger partial charge is 0.286 e. The molecule has 11 nitrogen and oxygen atoms in total. The van der Waals surface area contributed by atoms with Gasteiger partial charge in [0.1, 0.15) is 0 Å². The highest BCUT2D eigenvalue weighted by atomic mass is 79.9. The van der Waals surface area contributed by atoms with Crippen molar-refractivity contribution in [3.8, 4) is 23.0 Å². The molecule has 1 fully saturated rings. The number of hydrogen-bond acceptors (Lipinski definition) is 10. The Balaban J connectivity index is 1.27. The molecule has 0 aromatic heterocycles. The van der Waals surface area contributed by atoms with Crippen LogP contribution in [0.25, 0.3) is 6.08 Å². The lowest BCUT2D eigenvalue weighted by Crippen LogP contribution is -2.22. The number of rotatable bonds is 15. The first-order chi connectivity index (χ1) is 25.1. The van der Waals surface area contributed by atoms with Gasteiger partial charge in [-0.3, -0.25) is 14.4 Å². The third-order valence-electron chi connectivity index (χ3n) is 6.87. The number of halogens is 2. The van der Waals surface area contributed by atoms with Crippen molar-refractivity contribution < 1.29 is 33.3 Å². The Kier molecular flexibility index (Phi) is 13.8. The number of carbonyl (C=O) groups excluding carboxylic acids is 3. The largest absolute Gasteiger partial charge is 0.490 e. The minimum Gasteiger partial charge on any atom is -0.490 e. The van der Waals surface area contributed by atoms with E-state index in [9.17, 15) is 14.4 Å². The molecule has 0 saturated carbocycles. The van der Waals surface area contributed by atoms with Crippen LogP contribution in [0.4, 0.5) is 11.4 Å². The van der Waals surface area contributed by atoms with Crippen LogP contribution in [0.15, 0.2) is 104 Å². The summed E-state index contributed by atoms with van der Waals surface area (Å²) >= 11 is 13.6. The Morgan fingerprint density at radius 1 is 0.769 bits per heavy atom. The van der Waals surface area contributed by atoms with Crippen LogP contribution in [0.1, 0.15) is 25.0 Å². The van der Waals surface area contributed by atoms with E-state index in [-0.39, 0.29) is 29.3 Å². The quantitative estimate of drug-likeness (QED) is 0.0690. The normalized spacial score (nSPS) is 13.4. The molecule has 1 heterocycles. The van der Waals surface area contributed by atoms with Crippen LogP contribution in [0, 0.1) is 0 Å². The van der Waals surface area contributed by atoms with Crippen LogP contribution < -0.4 is 29.6 Å². The number of hydrogen-bond donors (Lipinski definition) is 2. The van der Waals surface area contributed by atoms with E-state index in [1.807, 2.05) is 50.2 Å². The van der Waals surface area contributed by atoms with Gasteiger partial charge in [-0.15, -0.1) is 0 Å². The zero-order valence-corrected chi connectivity index (χ0v) is 32.7. The highest BCUT2D eigenvalue weighted by molar-refractivity contribution is 9.11. The van der Waals surface area contributed by atoms with Gasteiger partial charge >= 0.3 is 0 Å². The van der Waals surface area contributed by atoms with Gasteiger partial charge in [0.15, 0.2) is 40.5 Å². The molecule has 1 saturated heterocycles. The number of nitrogens with zero attached hydrogens (tertiary/aromatic N) is 2. The summed E-state index contributed by atoms with van der Waals surface area (Å²) in [7, 11) is 0. The number of anilines is 2. The predicted octanol–water partition coefficient (Wildman–Crippen LogP) is 8.28. The molecule has 1 aliphatic rings. The minimum absolute atomic E-state index is 0.242. The SMILES string of the molecule is CCOc1cc(/C=N/N2C(=O)/C(=C\c3cc(Br)c(OCC(=O)Nc4ccccc4)c(OCC)c3)SC2=S)cc(Br)c1OCC(=O)Nc1ccccc1. The molecule has 0 bridgehead atoms. The summed E-state index contributed by atoms with van der Waals surface area (Å²) < 4.78 is 24.6. The number of amides is 3. The number of para-hydroxylation sites is 2. The number of hydrazone groups is 1. The van der Waals surface area contributed by atoms with Gasteiger partial charge < -0.3 is 29.6 Å². The fourth-order valence-corrected chi connectivity index (χ4v) is 7.01. The predicted molar refractivity (Wildman–Crippen MR) is 214 cm³/mol. The fourth-order valence-electron chi connectivity index (χ4n) is 4.69. The van der Waals surface area contributed by atoms with E-state index in [2.05, 4.69) is 47.6 Å². The molecule has 0 aliphatic carbocycles. The number of nitrogens with one attached hydrogen (secondary N) is 2. The maximum atomic E-state index is 13.4. The molecular formula is C37H32Br2N4O7S2. The molecule has 0 radical (unpaired) electrons. The third kappa shape index (κ3) is 10.4. The van der Waals surface area contributed by atoms with Gasteiger partial charge in [0.2, 0.25) is 0 Å². The van der Waals surface area contributed by atoms with Crippen molar-refractivity contribution in [2.24, 2.45) is 5.10 Å². The number of carbonyl (C=O) groups is 3. The molecule has 4 aromatic carbocycles. The van der Waals surface area contributed by atoms with Gasteiger partial charge in [-0.1, -0.05) is 48.2 Å². The van der Waals surface area contributed by atoms with Crippen LogP contribution in [-0.4, -0.2) is 59.7 Å². The molecule has 15 heteroatoms. The molecule has 1 aliphatic heterocycles. The van der Waals surface area contributed by atoms with Crippen molar-refractivity contribution in [3.05, 3.63) is 110 Å². The van der Waals surface area contributed by atoms with E-state index in [4.69, 9.17) is 31.2 Å². The molecule has 52 heavy (non-hydrogen) atoms. The van der Waals surface area contributed by atoms with Crippen LogP contribution in [-0.2, 0) is 14.4 Å². The van der Waals surface area contributed by atoms with Crippen molar-refractivity contribution in [3.63, 3.8) is 0 Å². The van der Waals surface area contributed by atoms with Gasteiger partial charge in [0.05, 0.1) is 33.3 Å². The lowest BCUT2D eigenvalue weighted by atomic mass is 10.2. The lowest BCUT2D eigenvalue weighted by molar-refractivity contribution is -0.122. The van der Waals surface area contributed by atoms with Crippen molar-refractivity contribution in [2.45, 2.75) is 13.8 Å². The van der Waals surface area contributed by atoms with E-state index in [0.717, 1.165) is 16.8 Å². The first kappa shape index (κ1) is 38.5. The molecule has 0 spiro atoms. The molecular weight excluding hydrogens is 836 g/mol. The van der Waals surface area contributed by atoms with Crippen molar-refractivity contribution in [1.82, 2.24) is 5.01 Å². The summed E-state index contributed by atoms with van der Waals surface area (Å²) in [6.07, 6.45) is 3.16. The fraction of sp³-hybridized carbons (Fsp3) is 0.162. The van der Waals surface area contributed by atoms with Crippen LogP contribution in [0.5, 0.6) is 23.0 Å². The summed E-state index contributed by atoms with van der Waals surface area (Å²) in [6, 6.07) is 25.0. The summed E-state index contributed by atoms with van der Waals surface area (Å²) in [6.45, 7) is 3.86. The minimum atomic E-state index is -0.410. The average Bonchev–Trinajstić information content (AvgIpc) is 3.38. The van der Waals surface area contributed by atoms with Gasteiger partial charge in [-0.25, -0.2) is 0 Å². The first-order valence-corrected chi connectivity index (χ1v) is 18.7. The number of thioether (sulfide) groups is 1. The number of benzene rings is 4. The second kappa shape index (κ2) is 18.7. The molecule has 2 N–H and O–H groups in total. The Morgan fingerprint density at radius 2 is 1.25 bits per heavy atom. The standard InChI is InChI=1S/C37H32Br2N4O7S2/c1-3-47-29-17-23(15-27(38)34(29)49-21-32(44)41-25-11-7-5-8-12-25)19-31-36(46)43(37(51)52-31)40-20-24-16-28(39)35(30(18-24)48-4-2)50-22-33(45)42-26-13-9-6-10-14-26/h5-20H,3-4,21-22H2,1-2H3,(H,41,44)(H,42,45)/b31-19+,40-20+. The van der Waals surface area contributed by atoms with E-state index >= 15 is 0 Å². The second-order valence-electron chi connectivity index (χ2n) is 10.7. The molecule has 0 unspecified atom stereocenters. The topological polar surface area (TPSA) is 128 Å². The summed E-state index contributed by atoms with van der Waals surface area (Å²) in [5, 5.41) is 11.1. The molecule has 5 rings (SSSR count). The molecule has 3 amide bonds. The third-order valence-corrected chi connectivity index (χ3v) is 9.33. The van der Waals surface area contributed by atoms with E-state index < -0.39 is 5.91 Å². The summed E-state index contributed by atoms with van der Waals surface area (Å²) in [5.41, 5.74) is 2.54. The Hall–Kier alpha value is -4.70. The van der Waals surface area contributed by atoms with Crippen LogP contribution in [0.2, 0.25) is 0 Å². The Bertz CT molecular complexity index is 2010. The Morgan fingerprint density at radius 3 is 1.75 bits per heavy atom. The maximum absolute atomic E-state index is 13.4. The van der Waals surface area contributed by atoms with Crippen LogP contribution in [0.3, 0.4) is 0 Å². The summed E-state index contributed by atoms with van der Waals surface area (Å²) in [4.78, 5) is 38.7. The van der Waals surface area contributed by atoms with Crippen molar-refractivity contribution in [1.29, 1.82) is 0 Å². The average molecular weight is 869 g/mol. The van der Waals surface area contributed by atoms with Crippen molar-refractivity contribution in [2.75, 3.05) is 37.1 Å². The van der Waals surface area contributed by atoms with Crippen LogP contribution >= 0.6 is 55.8 Å². The monoisotopic (exact) mass is 866 g/mol. The van der Waals surface area contributed by atoms with E-state index in [0.29, 0.717) is 72.6 Å². The number of thiocarbonyl (C=S) groups is 1. The van der Waals surface area contributed by atoms with E-state index in [1.54, 1.807) is 54.6 Å². The van der Waals surface area contributed by atoms with Gasteiger partial charge in [0.25, 0.3) is 17.7 Å². The molecule has 268 valence electrons. The zero-order chi connectivity index (χ0) is 37.0. The highest BCUT2D eigenvalue weighted by Crippen LogP contribution is 2.40. The van der Waals surface area contributed by atoms with E-state index in [1.165, 1.54) is 6.21 Å². The lowest BCUT2D eigenvalue weighted by Gasteiger charge is -2.15. The second-order valence-corrected chi connectivity index (χ2v) is 14.1. The maximum Gasteiger partial charge on any atom is 0.286 e. The first-order valence-electron chi connectivity index (χ1n) is 15.8. The molecule has 4 aromatic rings. The Labute approximate surface area is 327 Å². The van der Waals surface area contributed by atoms with Gasteiger partial charge in [0, 0.05) is 11.4 Å². The van der Waals surface area contributed by atoms with Gasteiger partial charge in [-0.05, 0) is 124 Å². The molecule has 0 atom stereocenters. The van der Waals surface area contributed by atoms with Crippen molar-refractivity contribution >= 4 is 102 Å². The van der Waals surface area contributed by atoms with Gasteiger partial charge in [-0.2, -0.15) is 10.1 Å². The zero-order valence-electron chi connectivity index (χ0n) is 27.9.